The summed E-state index contributed by atoms with van der Waals surface area (Å²) in [5.74, 6) is -2.14. The van der Waals surface area contributed by atoms with Crippen LogP contribution >= 0.6 is 11.3 Å². The average molecular weight is 1090 g/mol. The summed E-state index contributed by atoms with van der Waals surface area (Å²) >= 11 is 1.56. The van der Waals surface area contributed by atoms with E-state index < -0.39 is 59.0 Å². The highest BCUT2D eigenvalue weighted by molar-refractivity contribution is 7.13. The zero-order chi connectivity index (χ0) is 55.9. The molecule has 3 aromatic heterocycles. The van der Waals surface area contributed by atoms with E-state index in [-0.39, 0.29) is 67.8 Å². The number of H-pyrrole nitrogens is 1. The van der Waals surface area contributed by atoms with E-state index in [0.717, 1.165) is 33.3 Å². The number of nitrogens with zero attached hydrogens (tertiary/aromatic N) is 5. The molecule has 1 saturated heterocycles. The van der Waals surface area contributed by atoms with Crippen LogP contribution in [0.5, 0.6) is 0 Å². The van der Waals surface area contributed by atoms with E-state index in [4.69, 9.17) is 0 Å². The van der Waals surface area contributed by atoms with Crippen molar-refractivity contribution in [3.63, 3.8) is 0 Å². The van der Waals surface area contributed by atoms with Crippen molar-refractivity contribution in [3.8, 4) is 21.6 Å². The quantitative estimate of drug-likeness (QED) is 0.0380. The van der Waals surface area contributed by atoms with E-state index in [9.17, 15) is 47.0 Å². The normalized spacial score (nSPS) is 15.0. The van der Waals surface area contributed by atoms with Crippen LogP contribution in [0, 0.1) is 19.3 Å². The van der Waals surface area contributed by atoms with Crippen LogP contribution in [0.4, 0.5) is 30.4 Å². The Morgan fingerprint density at radius 3 is 2.19 bits per heavy atom. The minimum absolute atomic E-state index is 0.0182. The smallest absolute Gasteiger partial charge is 0.391 e. The Morgan fingerprint density at radius 2 is 1.50 bits per heavy atom. The maximum atomic E-state index is 14.0. The molecule has 0 saturated carbocycles. The highest BCUT2D eigenvalue weighted by Gasteiger charge is 2.44. The van der Waals surface area contributed by atoms with Crippen molar-refractivity contribution >= 4 is 74.9 Å². The summed E-state index contributed by atoms with van der Waals surface area (Å²) in [5, 5.41) is 36.5. The van der Waals surface area contributed by atoms with Gasteiger partial charge >= 0.3 is 6.18 Å². The van der Waals surface area contributed by atoms with Crippen LogP contribution in [0.3, 0.4) is 0 Å². The minimum atomic E-state index is -4.55. The number of alkyl halides is 3. The molecule has 7 aromatic rings. The number of hydrogen-bond acceptors (Lipinski definition) is 11. The minimum Gasteiger partial charge on any atom is -0.391 e. The Bertz CT molecular complexity index is 3330. The number of hydrogen-bond donors (Lipinski definition) is 7. The van der Waals surface area contributed by atoms with Crippen molar-refractivity contribution < 1.29 is 47.0 Å². The number of carbonyl (C=O) groups excluding carboxylic acids is 6. The molecule has 1 aliphatic heterocycles. The van der Waals surface area contributed by atoms with Crippen molar-refractivity contribution in [2.24, 2.45) is 5.41 Å². The lowest BCUT2D eigenvalue weighted by molar-refractivity contribution is -0.144. The average Bonchev–Trinajstić information content (AvgIpc) is 4.27. The largest absolute Gasteiger partial charge is 0.416 e. The molecular formula is C56H60F3N11O7S. The van der Waals surface area contributed by atoms with Crippen LogP contribution in [-0.4, -0.2) is 95.1 Å². The van der Waals surface area contributed by atoms with E-state index in [1.807, 2.05) is 52.0 Å². The number of aliphatic hydroxyl groups is 1. The van der Waals surface area contributed by atoms with E-state index >= 15 is 0 Å². The van der Waals surface area contributed by atoms with Gasteiger partial charge in [0.2, 0.25) is 29.5 Å². The number of thiazole rings is 1. The molecule has 18 nitrogen and oxygen atoms in total. The molecule has 0 spiro atoms. The number of halogens is 3. The number of aromatic nitrogens is 5. The van der Waals surface area contributed by atoms with Gasteiger partial charge in [-0.3, -0.25) is 38.5 Å². The highest BCUT2D eigenvalue weighted by Crippen LogP contribution is 2.34. The number of aryl methyl sites for hydroxylation is 2. The standard InChI is InChI=1S/C56H60F3N11O7S/c1-32-11-19-40(24-43(32)56(57,58)59)64-48(74)30-69-28-38(27-62-69)37-18-22-42-44(23-37)67-68-51(42)66-52(75)36-16-20-39(21-17-36)63-46(72)9-7-6-8-10-47(73)65-50(55(3,4)5)54(77)70-29-41(71)25-45(70)53(76)60-26-34-12-14-35(15-13-34)49-33(2)61-31-78-49/h11-24,27-28,31,41,45,50,71H,6-10,25-26,29-30H2,1-5H3,(H,60,76)(H,63,72)(H,64,74)(H,65,73)(H2,66,67,68,75). The second-order valence-electron chi connectivity index (χ2n) is 20.4. The fraction of sp³-hybridized carbons (Fsp3) is 0.339. The Morgan fingerprint density at radius 1 is 0.808 bits per heavy atom. The number of unbranched alkanes of at least 4 members (excludes halogenated alkanes) is 2. The maximum Gasteiger partial charge on any atom is 0.416 e. The number of carbonyl (C=O) groups is 6. The van der Waals surface area contributed by atoms with Crippen molar-refractivity contribution in [2.75, 3.05) is 22.5 Å². The number of fused-ring (bicyclic) bond motifs is 1. The zero-order valence-corrected chi connectivity index (χ0v) is 44.4. The van der Waals surface area contributed by atoms with Crippen LogP contribution in [0.1, 0.15) is 92.0 Å². The van der Waals surface area contributed by atoms with Gasteiger partial charge in [-0.15, -0.1) is 11.3 Å². The van der Waals surface area contributed by atoms with Crippen LogP contribution in [-0.2, 0) is 43.2 Å². The van der Waals surface area contributed by atoms with Crippen LogP contribution < -0.4 is 26.6 Å². The lowest BCUT2D eigenvalue weighted by Gasteiger charge is -2.35. The number of likely N-dealkylation sites (tertiary alicyclic amines) is 1. The van der Waals surface area contributed by atoms with Crippen LogP contribution in [0.15, 0.2) is 103 Å². The van der Waals surface area contributed by atoms with Crippen molar-refractivity contribution in [1.82, 2.24) is 40.5 Å². The van der Waals surface area contributed by atoms with Gasteiger partial charge in [0.05, 0.1) is 39.5 Å². The molecular weight excluding hydrogens is 1030 g/mol. The molecule has 78 heavy (non-hydrogen) atoms. The lowest BCUT2D eigenvalue weighted by atomic mass is 9.85. The summed E-state index contributed by atoms with van der Waals surface area (Å²) in [5.41, 5.74) is 5.95. The van der Waals surface area contributed by atoms with Crippen LogP contribution in [0.25, 0.3) is 32.5 Å². The van der Waals surface area contributed by atoms with Crippen molar-refractivity contribution in [1.29, 1.82) is 0 Å². The number of β-amino-alcohol motifs (C(OH)–C–C–N with tert-alkyl or cyclic N) is 1. The lowest BCUT2D eigenvalue weighted by Crippen LogP contribution is -2.57. The Hall–Kier alpha value is -8.24. The number of amides is 6. The molecule has 1 fully saturated rings. The molecule has 4 heterocycles. The SMILES string of the molecule is Cc1ccc(NC(=O)Cn2cc(-c3ccc4c(NC(=O)c5ccc(NC(=O)CCCCCC(=O)NC(C(=O)N6CC(O)CC6C(=O)NCc6ccc(-c7scnc7C)cc6)C(C)(C)C)cc5)n[nH]c4c3)cn2)cc1C(F)(F)F. The summed E-state index contributed by atoms with van der Waals surface area (Å²) in [6, 6.07) is 21.2. The van der Waals surface area contributed by atoms with E-state index in [0.29, 0.717) is 47.0 Å². The molecule has 3 atom stereocenters. The highest BCUT2D eigenvalue weighted by atomic mass is 32.1. The number of aliphatic hydroxyl groups excluding tert-OH is 1. The van der Waals surface area contributed by atoms with Gasteiger partial charge in [0, 0.05) is 66.4 Å². The first-order valence-corrected chi connectivity index (χ1v) is 26.2. The number of rotatable bonds is 19. The van der Waals surface area contributed by atoms with Gasteiger partial charge in [-0.2, -0.15) is 23.4 Å². The number of anilines is 3. The van der Waals surface area contributed by atoms with Gasteiger partial charge in [-0.25, -0.2) is 4.98 Å². The van der Waals surface area contributed by atoms with Gasteiger partial charge in [0.1, 0.15) is 18.6 Å². The maximum absolute atomic E-state index is 14.0. The van der Waals surface area contributed by atoms with Crippen LogP contribution in [0.2, 0.25) is 0 Å². The molecule has 4 aromatic carbocycles. The number of benzene rings is 4. The van der Waals surface area contributed by atoms with Gasteiger partial charge in [0.25, 0.3) is 5.91 Å². The Balaban J connectivity index is 0.747. The first kappa shape index (κ1) is 56.0. The third-order valence-electron chi connectivity index (χ3n) is 13.3. The Labute approximate surface area is 451 Å². The molecule has 0 aliphatic carbocycles. The zero-order valence-electron chi connectivity index (χ0n) is 43.6. The monoisotopic (exact) mass is 1090 g/mol. The topological polar surface area (TPSA) is 245 Å². The van der Waals surface area contributed by atoms with E-state index in [2.05, 4.69) is 46.9 Å². The molecule has 8 rings (SSSR count). The third kappa shape index (κ3) is 14.0. The summed E-state index contributed by atoms with van der Waals surface area (Å²) in [7, 11) is 0. The molecule has 408 valence electrons. The molecule has 0 radical (unpaired) electrons. The predicted molar refractivity (Wildman–Crippen MR) is 290 cm³/mol. The third-order valence-corrected chi connectivity index (χ3v) is 14.3. The number of aromatic amines is 1. The van der Waals surface area contributed by atoms with Crippen molar-refractivity contribution in [2.45, 2.75) is 111 Å². The molecule has 6 amide bonds. The first-order valence-electron chi connectivity index (χ1n) is 25.3. The molecule has 7 N–H and O–H groups in total. The fourth-order valence-corrected chi connectivity index (χ4v) is 9.93. The second kappa shape index (κ2) is 24.0. The first-order chi connectivity index (χ1) is 37.1. The fourth-order valence-electron chi connectivity index (χ4n) is 9.12. The molecule has 3 unspecified atom stereocenters. The van der Waals surface area contributed by atoms with Gasteiger partial charge in [-0.05, 0) is 103 Å². The van der Waals surface area contributed by atoms with E-state index in [1.165, 1.54) is 28.6 Å². The summed E-state index contributed by atoms with van der Waals surface area (Å²) < 4.78 is 41.4. The van der Waals surface area contributed by atoms with E-state index in [1.54, 1.807) is 71.7 Å². The second-order valence-corrected chi connectivity index (χ2v) is 21.3. The molecule has 0 bridgehead atoms. The molecule has 22 heteroatoms. The summed E-state index contributed by atoms with van der Waals surface area (Å²) in [4.78, 5) is 86.2. The summed E-state index contributed by atoms with van der Waals surface area (Å²) in [6.07, 6.45) is -0.380. The van der Waals surface area contributed by atoms with Gasteiger partial charge in [0.15, 0.2) is 5.82 Å². The van der Waals surface area contributed by atoms with Gasteiger partial charge in [-0.1, -0.05) is 63.6 Å². The van der Waals surface area contributed by atoms with Crippen molar-refractivity contribution in [3.05, 3.63) is 131 Å². The predicted octanol–water partition coefficient (Wildman–Crippen LogP) is 8.77. The molecule has 1 aliphatic rings. The number of nitrogens with one attached hydrogen (secondary N) is 6. The van der Waals surface area contributed by atoms with Gasteiger partial charge < -0.3 is 36.6 Å². The summed E-state index contributed by atoms with van der Waals surface area (Å²) in [6.45, 7) is 8.73. The Kier molecular flexibility index (Phi) is 17.2.